The number of methoxy groups -OCH3 is 2. The maximum Gasteiger partial charge on any atom is 0.273 e. The Morgan fingerprint density at radius 3 is 2.51 bits per heavy atom. The van der Waals surface area contributed by atoms with Gasteiger partial charge in [0.05, 0.1) is 19.4 Å². The van der Waals surface area contributed by atoms with Crippen LogP contribution < -0.4 is 35.9 Å². The zero-order chi connectivity index (χ0) is 26.5. The molecular weight excluding hydrogens is 502 g/mol. The summed E-state index contributed by atoms with van der Waals surface area (Å²) in [7, 11) is 3.04. The van der Waals surface area contributed by atoms with Crippen molar-refractivity contribution in [3.8, 4) is 17.2 Å². The highest BCUT2D eigenvalue weighted by molar-refractivity contribution is 7.09. The van der Waals surface area contributed by atoms with Gasteiger partial charge in [-0.25, -0.2) is 0 Å². The summed E-state index contributed by atoms with van der Waals surface area (Å²) in [6, 6.07) is 10.4. The van der Waals surface area contributed by atoms with Gasteiger partial charge < -0.3 is 35.7 Å². The molecule has 2 heterocycles. The van der Waals surface area contributed by atoms with Crippen molar-refractivity contribution in [2.24, 2.45) is 5.73 Å². The number of nitrogen functional groups attached to an aromatic ring is 1. The molecule has 0 unspecified atom stereocenters. The molecule has 0 radical (unpaired) electrons. The first kappa shape index (κ1) is 25.7. The number of amides is 3. The number of fused-ring (bicyclic) bond motifs is 1. The van der Waals surface area contributed by atoms with E-state index in [1.165, 1.54) is 19.1 Å². The predicted octanol–water partition coefficient (Wildman–Crippen LogP) is 1.71. The maximum atomic E-state index is 14.0. The predicted molar refractivity (Wildman–Crippen MR) is 135 cm³/mol. The average molecular weight is 528 g/mol. The summed E-state index contributed by atoms with van der Waals surface area (Å²) < 4.78 is 25.1. The second-order valence-electron chi connectivity index (χ2n) is 7.81. The van der Waals surface area contributed by atoms with Gasteiger partial charge >= 0.3 is 0 Å². The fraction of sp³-hybridized carbons (Fsp3) is 0.250. The lowest BCUT2D eigenvalue weighted by atomic mass is 10.0. The highest BCUT2D eigenvalue weighted by Gasteiger charge is 2.36. The Bertz CT molecular complexity index is 1310. The van der Waals surface area contributed by atoms with Gasteiger partial charge in [0.25, 0.3) is 11.8 Å². The van der Waals surface area contributed by atoms with Gasteiger partial charge in [-0.05, 0) is 41.4 Å². The Kier molecular flexibility index (Phi) is 7.74. The fourth-order valence-corrected chi connectivity index (χ4v) is 4.48. The van der Waals surface area contributed by atoms with Crippen molar-refractivity contribution in [2.45, 2.75) is 6.04 Å². The van der Waals surface area contributed by atoms with Crippen LogP contribution in [0.1, 0.15) is 31.8 Å². The van der Waals surface area contributed by atoms with Gasteiger partial charge in [0, 0.05) is 25.4 Å². The van der Waals surface area contributed by atoms with E-state index in [0.29, 0.717) is 28.5 Å². The van der Waals surface area contributed by atoms with Crippen molar-refractivity contribution in [3.05, 3.63) is 58.6 Å². The lowest BCUT2D eigenvalue weighted by Gasteiger charge is -2.31. The number of ether oxygens (including phenoxy) is 4. The van der Waals surface area contributed by atoms with Crippen molar-refractivity contribution in [1.29, 1.82) is 0 Å². The third-order valence-corrected chi connectivity index (χ3v) is 6.40. The molecule has 194 valence electrons. The summed E-state index contributed by atoms with van der Waals surface area (Å²) in [4.78, 5) is 40.6. The van der Waals surface area contributed by atoms with E-state index in [2.05, 4.69) is 9.69 Å². The molecule has 0 bridgehead atoms. The van der Waals surface area contributed by atoms with Crippen LogP contribution in [0.4, 0.5) is 11.4 Å². The van der Waals surface area contributed by atoms with Crippen molar-refractivity contribution in [2.75, 3.05) is 44.8 Å². The van der Waals surface area contributed by atoms with E-state index in [4.69, 9.17) is 30.4 Å². The number of primary amides is 1. The number of hydrogen-bond acceptors (Lipinski definition) is 10. The first-order chi connectivity index (χ1) is 17.8. The molecule has 5 N–H and O–H groups in total. The standard InChI is InChI=1S/C24H25N5O7S/c1-33-10-9-27-23(31)20(13-3-6-15(34-2)7-4-13)29(14-5-8-16-17(11-14)36-12-35-16)24(32)21-18(25)19(22(26)30)28-37-21/h3-8,11,20H,9-10,12,25H2,1-2H3,(H2,26,30)(H,27,31)/t20-/m1/s1. The molecule has 0 spiro atoms. The zero-order valence-corrected chi connectivity index (χ0v) is 20.9. The van der Waals surface area contributed by atoms with Crippen molar-refractivity contribution in [1.82, 2.24) is 9.69 Å². The largest absolute Gasteiger partial charge is 0.497 e. The molecule has 1 aliphatic heterocycles. The van der Waals surface area contributed by atoms with Crippen LogP contribution in [0.25, 0.3) is 0 Å². The van der Waals surface area contributed by atoms with Crippen molar-refractivity contribution in [3.63, 3.8) is 0 Å². The van der Waals surface area contributed by atoms with Crippen LogP contribution in [-0.4, -0.2) is 56.3 Å². The van der Waals surface area contributed by atoms with Gasteiger partial charge in [-0.3, -0.25) is 19.3 Å². The quantitative estimate of drug-likeness (QED) is 0.332. The summed E-state index contributed by atoms with van der Waals surface area (Å²) in [5.41, 5.74) is 11.9. The number of carbonyl (C=O) groups is 3. The van der Waals surface area contributed by atoms with Gasteiger partial charge in [-0.1, -0.05) is 12.1 Å². The third kappa shape index (κ3) is 5.27. The molecule has 1 aromatic heterocycles. The number of nitrogens with one attached hydrogen (secondary N) is 1. The molecule has 3 amide bonds. The van der Waals surface area contributed by atoms with E-state index < -0.39 is 23.8 Å². The lowest BCUT2D eigenvalue weighted by Crippen LogP contribution is -2.44. The molecule has 0 saturated heterocycles. The Hall–Kier alpha value is -4.36. The smallest absolute Gasteiger partial charge is 0.273 e. The zero-order valence-electron chi connectivity index (χ0n) is 20.1. The summed E-state index contributed by atoms with van der Waals surface area (Å²) in [6.07, 6.45) is 0. The van der Waals surface area contributed by atoms with Gasteiger partial charge in [0.2, 0.25) is 12.7 Å². The highest BCUT2D eigenvalue weighted by Crippen LogP contribution is 2.39. The molecule has 12 nitrogen and oxygen atoms in total. The first-order valence-electron chi connectivity index (χ1n) is 11.0. The molecule has 0 saturated carbocycles. The van der Waals surface area contributed by atoms with Crippen molar-refractivity contribution >= 4 is 40.6 Å². The third-order valence-electron chi connectivity index (χ3n) is 5.55. The van der Waals surface area contributed by atoms with Gasteiger partial charge in [-0.2, -0.15) is 4.37 Å². The van der Waals surface area contributed by atoms with E-state index in [0.717, 1.165) is 11.5 Å². The number of nitrogens with two attached hydrogens (primary N) is 2. The normalized spacial score (nSPS) is 12.6. The molecule has 13 heteroatoms. The summed E-state index contributed by atoms with van der Waals surface area (Å²) in [6.45, 7) is 0.498. The van der Waals surface area contributed by atoms with Gasteiger partial charge in [-0.15, -0.1) is 0 Å². The number of anilines is 2. The van der Waals surface area contributed by atoms with Crippen LogP contribution in [0.2, 0.25) is 0 Å². The number of hydrogen-bond donors (Lipinski definition) is 3. The molecule has 1 atom stereocenters. The first-order valence-corrected chi connectivity index (χ1v) is 11.8. The van der Waals surface area contributed by atoms with E-state index in [1.54, 1.807) is 42.5 Å². The number of benzene rings is 2. The second kappa shape index (κ2) is 11.1. The number of nitrogens with zero attached hydrogens (tertiary/aromatic N) is 2. The summed E-state index contributed by atoms with van der Waals surface area (Å²) >= 11 is 0.718. The average Bonchev–Trinajstić information content (AvgIpc) is 3.53. The number of aromatic nitrogens is 1. The summed E-state index contributed by atoms with van der Waals surface area (Å²) in [5, 5.41) is 2.80. The number of rotatable bonds is 10. The lowest BCUT2D eigenvalue weighted by molar-refractivity contribution is -0.122. The monoisotopic (exact) mass is 527 g/mol. The Morgan fingerprint density at radius 2 is 1.86 bits per heavy atom. The molecule has 0 aliphatic carbocycles. The Morgan fingerprint density at radius 1 is 1.14 bits per heavy atom. The minimum atomic E-state index is -1.16. The molecule has 3 aromatic rings. The van der Waals surface area contributed by atoms with Crippen molar-refractivity contribution < 1.29 is 33.3 Å². The van der Waals surface area contributed by atoms with Crippen LogP contribution in [0.15, 0.2) is 42.5 Å². The minimum absolute atomic E-state index is 0.0237. The van der Waals surface area contributed by atoms with E-state index in [9.17, 15) is 14.4 Å². The fourth-order valence-electron chi connectivity index (χ4n) is 3.73. The second-order valence-corrected chi connectivity index (χ2v) is 8.58. The molecular formula is C24H25N5O7S. The molecule has 1 aliphatic rings. The van der Waals surface area contributed by atoms with E-state index in [1.807, 2.05) is 0 Å². The van der Waals surface area contributed by atoms with Crippen LogP contribution >= 0.6 is 11.5 Å². The SMILES string of the molecule is COCCNC(=O)[C@@H](c1ccc(OC)cc1)N(C(=O)c1snc(C(N)=O)c1N)c1ccc2c(c1)OCO2. The van der Waals surface area contributed by atoms with Crippen LogP contribution in [-0.2, 0) is 9.53 Å². The molecule has 0 fully saturated rings. The van der Waals surface area contributed by atoms with Crippen LogP contribution in [0.5, 0.6) is 17.2 Å². The van der Waals surface area contributed by atoms with E-state index in [-0.39, 0.29) is 36.2 Å². The molecule has 2 aromatic carbocycles. The van der Waals surface area contributed by atoms with Gasteiger partial charge in [0.15, 0.2) is 17.2 Å². The van der Waals surface area contributed by atoms with E-state index >= 15 is 0 Å². The Balaban J connectivity index is 1.86. The maximum absolute atomic E-state index is 14.0. The molecule has 37 heavy (non-hydrogen) atoms. The van der Waals surface area contributed by atoms with Crippen LogP contribution in [0, 0.1) is 0 Å². The highest BCUT2D eigenvalue weighted by atomic mass is 32.1. The topological polar surface area (TPSA) is 168 Å². The Labute approximate surface area is 216 Å². The van der Waals surface area contributed by atoms with Gasteiger partial charge in [0.1, 0.15) is 16.7 Å². The molecule has 4 rings (SSSR count). The minimum Gasteiger partial charge on any atom is -0.497 e. The van der Waals surface area contributed by atoms with Crippen LogP contribution in [0.3, 0.4) is 0 Å². The summed E-state index contributed by atoms with van der Waals surface area (Å²) in [5.74, 6) is -0.545. The number of carbonyl (C=O) groups excluding carboxylic acids is 3.